The van der Waals surface area contributed by atoms with E-state index in [1.165, 1.54) is 16.5 Å². The Labute approximate surface area is 159 Å². The molecule has 0 bridgehead atoms. The quantitative estimate of drug-likeness (QED) is 0.694. The minimum atomic E-state index is 0.188. The lowest BCUT2D eigenvalue weighted by Crippen LogP contribution is -2.36. The first kappa shape index (κ1) is 17.5. The molecule has 5 nitrogen and oxygen atoms in total. The lowest BCUT2D eigenvalue weighted by molar-refractivity contribution is -0.132. The lowest BCUT2D eigenvalue weighted by Gasteiger charge is -2.30. The summed E-state index contributed by atoms with van der Waals surface area (Å²) in [6.07, 6.45) is 3.40. The number of para-hydroxylation sites is 1. The van der Waals surface area contributed by atoms with Crippen molar-refractivity contribution < 1.29 is 14.3 Å². The Bertz CT molecular complexity index is 977. The first-order valence-corrected chi connectivity index (χ1v) is 9.25. The SMILES string of the molecule is COc1cc2c(cc1OC)CN(C(=O)CCn1ccc3ccccc31)CC2. The number of rotatable bonds is 5. The topological polar surface area (TPSA) is 43.7 Å². The smallest absolute Gasteiger partial charge is 0.224 e. The summed E-state index contributed by atoms with van der Waals surface area (Å²) in [6, 6.07) is 14.4. The Morgan fingerprint density at radius 2 is 1.78 bits per heavy atom. The van der Waals surface area contributed by atoms with E-state index in [4.69, 9.17) is 9.47 Å². The van der Waals surface area contributed by atoms with E-state index in [-0.39, 0.29) is 5.91 Å². The number of fused-ring (bicyclic) bond motifs is 2. The van der Waals surface area contributed by atoms with Crippen molar-refractivity contribution in [2.75, 3.05) is 20.8 Å². The number of carbonyl (C=O) groups excluding carboxylic acids is 1. The van der Waals surface area contributed by atoms with Gasteiger partial charge in [0.05, 0.1) is 14.2 Å². The summed E-state index contributed by atoms with van der Waals surface area (Å²) < 4.78 is 12.9. The molecule has 1 aliphatic rings. The molecule has 2 aromatic carbocycles. The number of amides is 1. The zero-order chi connectivity index (χ0) is 18.8. The van der Waals surface area contributed by atoms with Crippen LogP contribution >= 0.6 is 0 Å². The standard InChI is InChI=1S/C22H24N2O3/c1-26-20-13-17-8-11-24(15-18(17)14-21(20)27-2)22(25)9-12-23-10-7-16-5-3-4-6-19(16)23/h3-7,10,13-14H,8-9,11-12,15H2,1-2H3. The maximum atomic E-state index is 12.8. The second kappa shape index (κ2) is 7.35. The molecule has 0 atom stereocenters. The van der Waals surface area contributed by atoms with Crippen molar-refractivity contribution in [1.82, 2.24) is 9.47 Å². The molecule has 0 saturated carbocycles. The fraction of sp³-hybridized carbons (Fsp3) is 0.318. The third-order valence-corrected chi connectivity index (χ3v) is 5.32. The van der Waals surface area contributed by atoms with Gasteiger partial charge in [0.1, 0.15) is 0 Å². The van der Waals surface area contributed by atoms with Gasteiger partial charge in [-0.15, -0.1) is 0 Å². The van der Waals surface area contributed by atoms with Crippen LogP contribution in [0.4, 0.5) is 0 Å². The molecule has 3 aromatic rings. The van der Waals surface area contributed by atoms with Crippen molar-refractivity contribution in [2.45, 2.75) is 25.9 Å². The summed E-state index contributed by atoms with van der Waals surface area (Å²) in [5, 5.41) is 1.21. The van der Waals surface area contributed by atoms with Gasteiger partial charge in [-0.05, 0) is 47.2 Å². The van der Waals surface area contributed by atoms with Gasteiger partial charge in [0.15, 0.2) is 11.5 Å². The Morgan fingerprint density at radius 3 is 2.56 bits per heavy atom. The molecule has 1 amide bonds. The molecular formula is C22H24N2O3. The summed E-state index contributed by atoms with van der Waals surface area (Å²) >= 11 is 0. The summed E-state index contributed by atoms with van der Waals surface area (Å²) in [5.74, 6) is 1.65. The van der Waals surface area contributed by atoms with Crippen LogP contribution in [-0.4, -0.2) is 36.1 Å². The third kappa shape index (κ3) is 3.37. The average molecular weight is 364 g/mol. The predicted octanol–water partition coefficient (Wildman–Crippen LogP) is 3.63. The number of nitrogens with zero attached hydrogens (tertiary/aromatic N) is 2. The molecule has 4 rings (SSSR count). The Kier molecular flexibility index (Phi) is 4.75. The molecule has 2 heterocycles. The van der Waals surface area contributed by atoms with Crippen LogP contribution in [0.3, 0.4) is 0 Å². The molecule has 0 fully saturated rings. The molecule has 1 aliphatic heterocycles. The van der Waals surface area contributed by atoms with Crippen LogP contribution in [0, 0.1) is 0 Å². The molecule has 0 aliphatic carbocycles. The zero-order valence-electron chi connectivity index (χ0n) is 15.8. The highest BCUT2D eigenvalue weighted by molar-refractivity contribution is 5.80. The van der Waals surface area contributed by atoms with Crippen LogP contribution in [0.5, 0.6) is 11.5 Å². The van der Waals surface area contributed by atoms with Crippen molar-refractivity contribution >= 4 is 16.8 Å². The molecule has 5 heteroatoms. The van der Waals surface area contributed by atoms with Gasteiger partial charge in [-0.25, -0.2) is 0 Å². The number of aromatic nitrogens is 1. The molecule has 0 N–H and O–H groups in total. The van der Waals surface area contributed by atoms with Crippen molar-refractivity contribution in [3.8, 4) is 11.5 Å². The van der Waals surface area contributed by atoms with Crippen LogP contribution in [0.2, 0.25) is 0 Å². The fourth-order valence-corrected chi connectivity index (χ4v) is 3.81. The third-order valence-electron chi connectivity index (χ3n) is 5.32. The number of benzene rings is 2. The molecule has 1 aromatic heterocycles. The maximum Gasteiger partial charge on any atom is 0.224 e. The minimum Gasteiger partial charge on any atom is -0.493 e. The van der Waals surface area contributed by atoms with Crippen LogP contribution in [0.1, 0.15) is 17.5 Å². The summed E-state index contributed by atoms with van der Waals surface area (Å²) in [4.78, 5) is 14.7. The molecule has 0 unspecified atom stereocenters. The number of aryl methyl sites for hydroxylation is 1. The Balaban J connectivity index is 1.45. The average Bonchev–Trinajstić information content (AvgIpc) is 3.13. The fourth-order valence-electron chi connectivity index (χ4n) is 3.81. The van der Waals surface area contributed by atoms with E-state index in [9.17, 15) is 4.79 Å². The number of carbonyl (C=O) groups is 1. The van der Waals surface area contributed by atoms with Gasteiger partial charge >= 0.3 is 0 Å². The van der Waals surface area contributed by atoms with Crippen molar-refractivity contribution in [2.24, 2.45) is 0 Å². The highest BCUT2D eigenvalue weighted by Gasteiger charge is 2.22. The van der Waals surface area contributed by atoms with E-state index in [2.05, 4.69) is 29.0 Å². The van der Waals surface area contributed by atoms with E-state index in [1.54, 1.807) is 14.2 Å². The van der Waals surface area contributed by atoms with Gasteiger partial charge < -0.3 is 18.9 Å². The van der Waals surface area contributed by atoms with E-state index in [0.29, 0.717) is 25.3 Å². The number of hydrogen-bond acceptors (Lipinski definition) is 3. The summed E-state index contributed by atoms with van der Waals surface area (Å²) in [6.45, 7) is 2.07. The van der Waals surface area contributed by atoms with Crippen LogP contribution in [0.15, 0.2) is 48.7 Å². The molecular weight excluding hydrogens is 340 g/mol. The van der Waals surface area contributed by atoms with Gasteiger partial charge in [0, 0.05) is 37.8 Å². The first-order chi connectivity index (χ1) is 13.2. The summed E-state index contributed by atoms with van der Waals surface area (Å²) in [5.41, 5.74) is 3.54. The second-order valence-corrected chi connectivity index (χ2v) is 6.86. The molecule has 0 spiro atoms. The Hall–Kier alpha value is -2.95. The Morgan fingerprint density at radius 1 is 1.04 bits per heavy atom. The van der Waals surface area contributed by atoms with Crippen LogP contribution < -0.4 is 9.47 Å². The molecule has 0 saturated heterocycles. The molecule has 140 valence electrons. The largest absolute Gasteiger partial charge is 0.493 e. The van der Waals surface area contributed by atoms with Gasteiger partial charge in [-0.1, -0.05) is 18.2 Å². The van der Waals surface area contributed by atoms with Gasteiger partial charge in [-0.3, -0.25) is 4.79 Å². The van der Waals surface area contributed by atoms with Gasteiger partial charge in [0.2, 0.25) is 5.91 Å². The molecule has 0 radical (unpaired) electrons. The van der Waals surface area contributed by atoms with E-state index in [0.717, 1.165) is 24.3 Å². The number of methoxy groups -OCH3 is 2. The van der Waals surface area contributed by atoms with Crippen molar-refractivity contribution in [3.05, 3.63) is 59.8 Å². The molecule has 27 heavy (non-hydrogen) atoms. The lowest BCUT2D eigenvalue weighted by atomic mass is 9.98. The maximum absolute atomic E-state index is 12.8. The first-order valence-electron chi connectivity index (χ1n) is 9.25. The van der Waals surface area contributed by atoms with Crippen LogP contribution in [-0.2, 0) is 24.3 Å². The zero-order valence-corrected chi connectivity index (χ0v) is 15.8. The van der Waals surface area contributed by atoms with E-state index >= 15 is 0 Å². The van der Waals surface area contributed by atoms with Crippen LogP contribution in [0.25, 0.3) is 10.9 Å². The second-order valence-electron chi connectivity index (χ2n) is 6.86. The number of ether oxygens (including phenoxy) is 2. The van der Waals surface area contributed by atoms with E-state index in [1.807, 2.05) is 29.2 Å². The predicted molar refractivity (Wildman–Crippen MR) is 105 cm³/mol. The number of hydrogen-bond donors (Lipinski definition) is 0. The van der Waals surface area contributed by atoms with Crippen molar-refractivity contribution in [3.63, 3.8) is 0 Å². The summed E-state index contributed by atoms with van der Waals surface area (Å²) in [7, 11) is 3.28. The normalized spacial score (nSPS) is 13.5. The highest BCUT2D eigenvalue weighted by atomic mass is 16.5. The minimum absolute atomic E-state index is 0.188. The monoisotopic (exact) mass is 364 g/mol. The highest BCUT2D eigenvalue weighted by Crippen LogP contribution is 2.33. The van der Waals surface area contributed by atoms with Gasteiger partial charge in [0.25, 0.3) is 0 Å². The van der Waals surface area contributed by atoms with E-state index < -0.39 is 0 Å². The van der Waals surface area contributed by atoms with Gasteiger partial charge in [-0.2, -0.15) is 0 Å². The van der Waals surface area contributed by atoms with Crippen molar-refractivity contribution in [1.29, 1.82) is 0 Å².